The highest BCUT2D eigenvalue weighted by Gasteiger charge is 2.77. The molecular weight excluding hydrogens is 500 g/mol. The second-order valence-electron chi connectivity index (χ2n) is 11.4. The van der Waals surface area contributed by atoms with E-state index in [-0.39, 0.29) is 30.4 Å². The fourth-order valence-electron chi connectivity index (χ4n) is 6.90. The third-order valence-corrected chi connectivity index (χ3v) is 10.7. The van der Waals surface area contributed by atoms with Gasteiger partial charge < -0.3 is 19.6 Å². The second-order valence-corrected chi connectivity index (χ2v) is 13.3. The van der Waals surface area contributed by atoms with E-state index in [1.165, 1.54) is 0 Å². The standard InChI is InChI=1S/C30H48N2O5S/c1-6-9-14-21-37-28(36)24-23-26(34)32(19-12-10-11-13-20-33)25(30(23)17-16-29(24,5)38-30)27(35)31(18-8-3)22(4)15-7-2/h6,8,22-25,33H,1,3,7,9-21H2,2,4-5H3/t22?,23-,24-,25?,29+,30?/m0/s1. The number of thioether (sulfide) groups is 1. The minimum absolute atomic E-state index is 0.0196. The first-order valence-corrected chi connectivity index (χ1v) is 15.3. The number of carbonyl (C=O) groups excluding carboxylic acids is 3. The lowest BCUT2D eigenvalue weighted by molar-refractivity contribution is -0.155. The van der Waals surface area contributed by atoms with Crippen LogP contribution in [0.25, 0.3) is 0 Å². The van der Waals surface area contributed by atoms with Gasteiger partial charge in [0.05, 0.1) is 23.2 Å². The Hall–Kier alpha value is -1.80. The fraction of sp³-hybridized carbons (Fsp3) is 0.767. The lowest BCUT2D eigenvalue weighted by Gasteiger charge is -2.39. The summed E-state index contributed by atoms with van der Waals surface area (Å²) in [6.45, 7) is 15.3. The summed E-state index contributed by atoms with van der Waals surface area (Å²) in [5.41, 5.74) is 0. The number of amides is 2. The molecule has 3 aliphatic heterocycles. The molecule has 0 saturated carbocycles. The summed E-state index contributed by atoms with van der Waals surface area (Å²) in [7, 11) is 0. The van der Waals surface area contributed by atoms with Gasteiger partial charge in [-0.2, -0.15) is 0 Å². The Morgan fingerprint density at radius 3 is 2.61 bits per heavy atom. The smallest absolute Gasteiger partial charge is 0.311 e. The van der Waals surface area contributed by atoms with Gasteiger partial charge in [0.1, 0.15) is 6.04 Å². The topological polar surface area (TPSA) is 87.1 Å². The number of allylic oxidation sites excluding steroid dienone is 1. The molecule has 2 amide bonds. The van der Waals surface area contributed by atoms with Crippen LogP contribution in [-0.4, -0.2) is 80.6 Å². The molecule has 8 heteroatoms. The van der Waals surface area contributed by atoms with Crippen LogP contribution in [0, 0.1) is 11.8 Å². The molecule has 0 aliphatic carbocycles. The van der Waals surface area contributed by atoms with Crippen LogP contribution in [0.1, 0.15) is 85.0 Å². The van der Waals surface area contributed by atoms with Crippen LogP contribution >= 0.6 is 11.8 Å². The van der Waals surface area contributed by atoms with Crippen molar-refractivity contribution in [1.82, 2.24) is 9.80 Å². The molecule has 2 bridgehead atoms. The van der Waals surface area contributed by atoms with Crippen molar-refractivity contribution >= 4 is 29.5 Å². The molecule has 6 atom stereocenters. The average molecular weight is 549 g/mol. The van der Waals surface area contributed by atoms with E-state index in [1.807, 2.05) is 4.90 Å². The molecule has 3 rings (SSSR count). The molecule has 1 spiro atoms. The van der Waals surface area contributed by atoms with Gasteiger partial charge in [0.15, 0.2) is 0 Å². The molecule has 0 radical (unpaired) electrons. The van der Waals surface area contributed by atoms with Crippen molar-refractivity contribution in [1.29, 1.82) is 0 Å². The summed E-state index contributed by atoms with van der Waals surface area (Å²) in [5.74, 6) is -1.49. The molecule has 38 heavy (non-hydrogen) atoms. The fourth-order valence-corrected chi connectivity index (χ4v) is 9.24. The van der Waals surface area contributed by atoms with Gasteiger partial charge >= 0.3 is 5.97 Å². The Kier molecular flexibility index (Phi) is 10.9. The number of rotatable bonds is 17. The Morgan fingerprint density at radius 1 is 1.21 bits per heavy atom. The summed E-state index contributed by atoms with van der Waals surface area (Å²) < 4.78 is 4.67. The first-order chi connectivity index (χ1) is 18.2. The van der Waals surface area contributed by atoms with Crippen molar-refractivity contribution in [2.75, 3.05) is 26.3 Å². The Bertz CT molecular complexity index is 881. The largest absolute Gasteiger partial charge is 0.465 e. The van der Waals surface area contributed by atoms with Crippen LogP contribution in [0.4, 0.5) is 0 Å². The number of fused-ring (bicyclic) bond motifs is 1. The first kappa shape index (κ1) is 30.7. The summed E-state index contributed by atoms with van der Waals surface area (Å²) >= 11 is 1.70. The molecule has 7 nitrogen and oxygen atoms in total. The van der Waals surface area contributed by atoms with E-state index in [4.69, 9.17) is 9.84 Å². The molecule has 3 aliphatic rings. The molecule has 3 saturated heterocycles. The molecule has 1 N–H and O–H groups in total. The Labute approximate surface area is 233 Å². The highest BCUT2D eigenvalue weighted by atomic mass is 32.2. The number of esters is 1. The number of carbonyl (C=O) groups is 3. The van der Waals surface area contributed by atoms with Crippen molar-refractivity contribution in [3.63, 3.8) is 0 Å². The van der Waals surface area contributed by atoms with Crippen LogP contribution in [-0.2, 0) is 19.1 Å². The lowest BCUT2D eigenvalue weighted by atomic mass is 9.66. The Morgan fingerprint density at radius 2 is 1.95 bits per heavy atom. The van der Waals surface area contributed by atoms with E-state index in [0.29, 0.717) is 26.1 Å². The predicted octanol–water partition coefficient (Wildman–Crippen LogP) is 4.73. The zero-order valence-corrected chi connectivity index (χ0v) is 24.5. The molecule has 214 valence electrons. The zero-order valence-electron chi connectivity index (χ0n) is 23.7. The number of aliphatic hydroxyl groups is 1. The summed E-state index contributed by atoms with van der Waals surface area (Å²) in [6.07, 6.45) is 11.7. The monoisotopic (exact) mass is 548 g/mol. The quantitative estimate of drug-likeness (QED) is 0.161. The third-order valence-electron chi connectivity index (χ3n) is 8.72. The third kappa shape index (κ3) is 5.86. The van der Waals surface area contributed by atoms with Crippen molar-refractivity contribution in [3.05, 3.63) is 25.3 Å². The van der Waals surface area contributed by atoms with Crippen molar-refractivity contribution in [2.45, 2.75) is 107 Å². The minimum atomic E-state index is -0.621. The van der Waals surface area contributed by atoms with Gasteiger partial charge in [0, 0.05) is 30.5 Å². The van der Waals surface area contributed by atoms with Crippen molar-refractivity contribution in [2.24, 2.45) is 11.8 Å². The molecule has 0 aromatic heterocycles. The normalized spacial score (nSPS) is 30.3. The van der Waals surface area contributed by atoms with Gasteiger partial charge in [-0.1, -0.05) is 38.3 Å². The lowest BCUT2D eigenvalue weighted by Crippen LogP contribution is -2.56. The van der Waals surface area contributed by atoms with Crippen LogP contribution in [0.3, 0.4) is 0 Å². The average Bonchev–Trinajstić information content (AvgIpc) is 3.45. The highest BCUT2D eigenvalue weighted by Crippen LogP contribution is 2.71. The molecule has 3 heterocycles. The van der Waals surface area contributed by atoms with E-state index in [0.717, 1.165) is 57.8 Å². The number of unbranched alkanes of at least 4 members (excludes halogenated alkanes) is 4. The van der Waals surface area contributed by atoms with Gasteiger partial charge in [0.2, 0.25) is 11.8 Å². The van der Waals surface area contributed by atoms with Gasteiger partial charge in [-0.25, -0.2) is 0 Å². The first-order valence-electron chi connectivity index (χ1n) is 14.5. The van der Waals surface area contributed by atoms with Gasteiger partial charge in [-0.3, -0.25) is 14.4 Å². The molecule has 3 fully saturated rings. The van der Waals surface area contributed by atoms with Crippen LogP contribution < -0.4 is 0 Å². The summed E-state index contributed by atoms with van der Waals surface area (Å²) in [5, 5.41) is 9.14. The molecule has 0 aromatic rings. The van der Waals surface area contributed by atoms with E-state index in [2.05, 4.69) is 33.9 Å². The number of aliphatic hydroxyl groups excluding tert-OH is 1. The van der Waals surface area contributed by atoms with Crippen molar-refractivity contribution < 1.29 is 24.2 Å². The number of hydrogen-bond acceptors (Lipinski definition) is 6. The maximum absolute atomic E-state index is 14.4. The summed E-state index contributed by atoms with van der Waals surface area (Å²) in [4.78, 5) is 45.7. The van der Waals surface area contributed by atoms with Crippen molar-refractivity contribution in [3.8, 4) is 0 Å². The number of ether oxygens (including phenoxy) is 1. The van der Waals surface area contributed by atoms with E-state index < -0.39 is 27.4 Å². The van der Waals surface area contributed by atoms with Gasteiger partial charge in [-0.15, -0.1) is 24.9 Å². The predicted molar refractivity (Wildman–Crippen MR) is 153 cm³/mol. The summed E-state index contributed by atoms with van der Waals surface area (Å²) in [6, 6.07) is -0.560. The van der Waals surface area contributed by atoms with E-state index in [1.54, 1.807) is 28.8 Å². The van der Waals surface area contributed by atoms with E-state index in [9.17, 15) is 14.4 Å². The molecule has 3 unspecified atom stereocenters. The minimum Gasteiger partial charge on any atom is -0.465 e. The number of likely N-dealkylation sites (tertiary alicyclic amines) is 1. The van der Waals surface area contributed by atoms with Crippen LogP contribution in [0.5, 0.6) is 0 Å². The highest BCUT2D eigenvalue weighted by molar-refractivity contribution is 8.02. The van der Waals surface area contributed by atoms with Crippen LogP contribution in [0.15, 0.2) is 25.3 Å². The number of hydrogen-bond donors (Lipinski definition) is 1. The number of nitrogens with zero attached hydrogens (tertiary/aromatic N) is 2. The molecular formula is C30H48N2O5S. The Balaban J connectivity index is 1.94. The maximum Gasteiger partial charge on any atom is 0.311 e. The molecule has 0 aromatic carbocycles. The van der Waals surface area contributed by atoms with Gasteiger partial charge in [0.25, 0.3) is 0 Å². The van der Waals surface area contributed by atoms with Gasteiger partial charge in [-0.05, 0) is 58.8 Å². The van der Waals surface area contributed by atoms with Crippen LogP contribution in [0.2, 0.25) is 0 Å². The van der Waals surface area contributed by atoms with E-state index >= 15 is 0 Å². The second kappa shape index (κ2) is 13.5. The zero-order chi connectivity index (χ0) is 27.9. The SMILES string of the molecule is C=CCCCOC(=O)[C@@H]1[C@H]2C(=O)N(CCCCCCO)C(C(=O)N(CC=C)C(C)CCC)C23CC[C@@]1(C)S3. The maximum atomic E-state index is 14.4.